The molecule has 2 aliphatic rings. The topological polar surface area (TPSA) is 78.5 Å². The maximum absolute atomic E-state index is 12.5. The van der Waals surface area contributed by atoms with E-state index in [0.717, 1.165) is 29.2 Å². The Morgan fingerprint density at radius 3 is 2.82 bits per heavy atom. The zero-order valence-corrected chi connectivity index (χ0v) is 16.2. The number of rotatable bonds is 5. The van der Waals surface area contributed by atoms with Crippen LogP contribution < -0.4 is 10.6 Å². The normalized spacial score (nSPS) is 15.5. The van der Waals surface area contributed by atoms with E-state index >= 15 is 0 Å². The van der Waals surface area contributed by atoms with Crippen LogP contribution in [0.2, 0.25) is 0 Å². The van der Waals surface area contributed by atoms with Crippen LogP contribution in [-0.4, -0.2) is 42.3 Å². The van der Waals surface area contributed by atoms with Crippen molar-refractivity contribution in [2.45, 2.75) is 29.1 Å². The Hall–Kier alpha value is -2.80. The first kappa shape index (κ1) is 18.6. The van der Waals surface area contributed by atoms with E-state index < -0.39 is 0 Å². The fourth-order valence-electron chi connectivity index (χ4n) is 3.42. The van der Waals surface area contributed by atoms with Gasteiger partial charge in [-0.15, -0.1) is 0 Å². The van der Waals surface area contributed by atoms with Crippen molar-refractivity contribution in [1.82, 2.24) is 10.2 Å². The van der Waals surface area contributed by atoms with Crippen molar-refractivity contribution in [2.24, 2.45) is 0 Å². The molecule has 1 saturated heterocycles. The lowest BCUT2D eigenvalue weighted by Gasteiger charge is -2.15. The fraction of sp³-hybridized carbons (Fsp3) is 0.286. The summed E-state index contributed by atoms with van der Waals surface area (Å²) in [5.41, 5.74) is 1.77. The minimum absolute atomic E-state index is 0.172. The summed E-state index contributed by atoms with van der Waals surface area (Å²) < 4.78 is 0. The summed E-state index contributed by atoms with van der Waals surface area (Å²) >= 11 is 1.51. The average molecular weight is 395 g/mol. The van der Waals surface area contributed by atoms with E-state index in [0.29, 0.717) is 36.3 Å². The zero-order valence-electron chi connectivity index (χ0n) is 15.4. The van der Waals surface area contributed by atoms with Crippen LogP contribution >= 0.6 is 11.8 Å². The van der Waals surface area contributed by atoms with Crippen molar-refractivity contribution in [3.8, 4) is 0 Å². The highest BCUT2D eigenvalue weighted by Crippen LogP contribution is 2.38. The first-order valence-corrected chi connectivity index (χ1v) is 10.2. The molecule has 2 aromatic rings. The standard InChI is InChI=1S/C21H21N3O3S/c25-19-7-3-11-24(19)12-4-10-22-20(26)14-8-9-18-16(13-14)23-21(27)15-5-1-2-6-17(15)28-18/h1-2,5-6,8-9,13H,3-4,7,10-12H2,(H,22,26)(H,23,27). The molecule has 6 nitrogen and oxygen atoms in total. The monoisotopic (exact) mass is 395 g/mol. The Morgan fingerprint density at radius 2 is 2.00 bits per heavy atom. The number of likely N-dealkylation sites (tertiary alicyclic amines) is 1. The van der Waals surface area contributed by atoms with Crippen LogP contribution in [0.1, 0.15) is 40.0 Å². The van der Waals surface area contributed by atoms with Crippen LogP contribution in [0.25, 0.3) is 0 Å². The quantitative estimate of drug-likeness (QED) is 0.763. The minimum atomic E-state index is -0.184. The van der Waals surface area contributed by atoms with E-state index in [2.05, 4.69) is 10.6 Å². The van der Waals surface area contributed by atoms with E-state index in [-0.39, 0.29) is 17.7 Å². The van der Waals surface area contributed by atoms with E-state index in [9.17, 15) is 14.4 Å². The molecule has 1 fully saturated rings. The van der Waals surface area contributed by atoms with Crippen LogP contribution in [0.5, 0.6) is 0 Å². The molecule has 0 bridgehead atoms. The molecule has 2 aromatic carbocycles. The molecule has 0 atom stereocenters. The highest BCUT2D eigenvalue weighted by molar-refractivity contribution is 7.99. The first-order valence-electron chi connectivity index (χ1n) is 9.40. The van der Waals surface area contributed by atoms with E-state index in [1.807, 2.05) is 29.2 Å². The van der Waals surface area contributed by atoms with Gasteiger partial charge in [0.25, 0.3) is 11.8 Å². The number of amides is 3. The Labute approximate surface area is 167 Å². The predicted molar refractivity (Wildman–Crippen MR) is 108 cm³/mol. The number of nitrogens with one attached hydrogen (secondary N) is 2. The molecule has 7 heteroatoms. The molecular weight excluding hydrogens is 374 g/mol. The van der Waals surface area contributed by atoms with Crippen LogP contribution in [-0.2, 0) is 4.79 Å². The van der Waals surface area contributed by atoms with Crippen molar-refractivity contribution in [1.29, 1.82) is 0 Å². The fourth-order valence-corrected chi connectivity index (χ4v) is 4.43. The van der Waals surface area contributed by atoms with Gasteiger partial charge in [-0.05, 0) is 43.2 Å². The largest absolute Gasteiger partial charge is 0.352 e. The second kappa shape index (κ2) is 8.06. The number of nitrogens with zero attached hydrogens (tertiary/aromatic N) is 1. The lowest BCUT2D eigenvalue weighted by Crippen LogP contribution is -2.30. The maximum Gasteiger partial charge on any atom is 0.256 e. The molecule has 144 valence electrons. The van der Waals surface area contributed by atoms with Crippen LogP contribution in [0.15, 0.2) is 52.3 Å². The summed E-state index contributed by atoms with van der Waals surface area (Å²) in [5, 5.41) is 5.79. The van der Waals surface area contributed by atoms with Gasteiger partial charge >= 0.3 is 0 Å². The summed E-state index contributed by atoms with van der Waals surface area (Å²) in [6.07, 6.45) is 2.29. The summed E-state index contributed by atoms with van der Waals surface area (Å²) in [5.74, 6) is -0.155. The van der Waals surface area contributed by atoms with Crippen molar-refractivity contribution in [2.75, 3.05) is 25.0 Å². The van der Waals surface area contributed by atoms with Gasteiger partial charge in [0, 0.05) is 41.4 Å². The minimum Gasteiger partial charge on any atom is -0.352 e. The van der Waals surface area contributed by atoms with Crippen LogP contribution in [0, 0.1) is 0 Å². The highest BCUT2D eigenvalue weighted by atomic mass is 32.2. The van der Waals surface area contributed by atoms with Crippen molar-refractivity contribution >= 4 is 35.2 Å². The smallest absolute Gasteiger partial charge is 0.256 e. The van der Waals surface area contributed by atoms with Crippen molar-refractivity contribution < 1.29 is 14.4 Å². The molecule has 2 aliphatic heterocycles. The molecule has 2 heterocycles. The number of anilines is 1. The molecular formula is C21H21N3O3S. The molecule has 0 saturated carbocycles. The zero-order chi connectivity index (χ0) is 19.5. The summed E-state index contributed by atoms with van der Waals surface area (Å²) in [4.78, 5) is 40.2. The predicted octanol–water partition coefficient (Wildman–Crippen LogP) is 3.15. The third kappa shape index (κ3) is 3.89. The lowest BCUT2D eigenvalue weighted by molar-refractivity contribution is -0.127. The molecule has 0 aromatic heterocycles. The van der Waals surface area contributed by atoms with E-state index in [1.165, 1.54) is 11.8 Å². The third-order valence-electron chi connectivity index (χ3n) is 4.90. The number of fused-ring (bicyclic) bond motifs is 2. The maximum atomic E-state index is 12.5. The number of benzene rings is 2. The van der Waals surface area contributed by atoms with Crippen molar-refractivity contribution in [3.05, 3.63) is 53.6 Å². The van der Waals surface area contributed by atoms with Gasteiger partial charge in [0.1, 0.15) is 0 Å². The molecule has 0 aliphatic carbocycles. The van der Waals surface area contributed by atoms with Gasteiger partial charge in [-0.1, -0.05) is 23.9 Å². The SMILES string of the molecule is O=C(NCCCN1CCCC1=O)c1ccc2c(c1)NC(=O)c1ccccc1S2. The van der Waals surface area contributed by atoms with Gasteiger partial charge in [-0.25, -0.2) is 0 Å². The summed E-state index contributed by atoms with van der Waals surface area (Å²) in [6, 6.07) is 12.8. The molecule has 0 spiro atoms. The Morgan fingerprint density at radius 1 is 1.14 bits per heavy atom. The molecule has 2 N–H and O–H groups in total. The second-order valence-electron chi connectivity index (χ2n) is 6.86. The second-order valence-corrected chi connectivity index (χ2v) is 7.94. The Kier molecular flexibility index (Phi) is 5.34. The Balaban J connectivity index is 1.38. The van der Waals surface area contributed by atoms with Crippen molar-refractivity contribution in [3.63, 3.8) is 0 Å². The summed E-state index contributed by atoms with van der Waals surface area (Å²) in [7, 11) is 0. The molecule has 4 rings (SSSR count). The molecule has 3 amide bonds. The molecule has 0 radical (unpaired) electrons. The van der Waals surface area contributed by atoms with Gasteiger partial charge < -0.3 is 15.5 Å². The van der Waals surface area contributed by atoms with Gasteiger partial charge in [0.2, 0.25) is 5.91 Å². The average Bonchev–Trinajstić information content (AvgIpc) is 3.04. The molecule has 28 heavy (non-hydrogen) atoms. The van der Waals surface area contributed by atoms with Gasteiger partial charge in [0.15, 0.2) is 0 Å². The summed E-state index contributed by atoms with van der Waals surface area (Å²) in [6.45, 7) is 2.00. The van der Waals surface area contributed by atoms with E-state index in [4.69, 9.17) is 0 Å². The number of carbonyl (C=O) groups excluding carboxylic acids is 3. The number of carbonyl (C=O) groups is 3. The van der Waals surface area contributed by atoms with Gasteiger partial charge in [-0.2, -0.15) is 0 Å². The Bertz CT molecular complexity index is 944. The number of hydrogen-bond donors (Lipinski definition) is 2. The third-order valence-corrected chi connectivity index (χ3v) is 6.06. The van der Waals surface area contributed by atoms with Gasteiger partial charge in [0.05, 0.1) is 11.3 Å². The van der Waals surface area contributed by atoms with Gasteiger partial charge in [-0.3, -0.25) is 14.4 Å². The van der Waals surface area contributed by atoms with E-state index in [1.54, 1.807) is 18.2 Å². The lowest BCUT2D eigenvalue weighted by atomic mass is 10.1. The van der Waals surface area contributed by atoms with Crippen LogP contribution in [0.3, 0.4) is 0 Å². The molecule has 0 unspecified atom stereocenters. The first-order chi connectivity index (χ1) is 13.6. The van der Waals surface area contributed by atoms with Crippen LogP contribution in [0.4, 0.5) is 5.69 Å². The number of hydrogen-bond acceptors (Lipinski definition) is 4. The highest BCUT2D eigenvalue weighted by Gasteiger charge is 2.21.